The van der Waals surface area contributed by atoms with Crippen molar-refractivity contribution in [2.24, 2.45) is 0 Å². The van der Waals surface area contributed by atoms with Crippen molar-refractivity contribution >= 4 is 5.82 Å². The van der Waals surface area contributed by atoms with Gasteiger partial charge in [0.1, 0.15) is 5.82 Å². The molecule has 2 aromatic heterocycles. The Bertz CT molecular complexity index is 744. The van der Waals surface area contributed by atoms with Crippen LogP contribution in [0.5, 0.6) is 11.8 Å². The zero-order valence-corrected chi connectivity index (χ0v) is 10.9. The van der Waals surface area contributed by atoms with Crippen LogP contribution in [0.1, 0.15) is 0 Å². The van der Waals surface area contributed by atoms with Gasteiger partial charge < -0.3 is 10.5 Å². The zero-order valence-electron chi connectivity index (χ0n) is 10.9. The van der Waals surface area contributed by atoms with Crippen molar-refractivity contribution in [3.05, 3.63) is 60.8 Å². The molecule has 0 spiro atoms. The third-order valence-corrected chi connectivity index (χ3v) is 2.79. The first-order valence-electron chi connectivity index (χ1n) is 6.19. The molecule has 3 rings (SSSR count). The predicted octanol–water partition coefficient (Wildman–Crippen LogP) is 3.05. The van der Waals surface area contributed by atoms with Gasteiger partial charge in [0.15, 0.2) is 11.6 Å². The fourth-order valence-electron chi connectivity index (χ4n) is 1.72. The number of pyridine rings is 1. The molecule has 0 saturated heterocycles. The lowest BCUT2D eigenvalue weighted by atomic mass is 10.1. The average Bonchev–Trinajstić information content (AvgIpc) is 2.51. The van der Waals surface area contributed by atoms with Gasteiger partial charge in [-0.2, -0.15) is 0 Å². The summed E-state index contributed by atoms with van der Waals surface area (Å²) in [5, 5.41) is 0. The van der Waals surface area contributed by atoms with Crippen LogP contribution in [0.4, 0.5) is 10.2 Å². The zero-order chi connectivity index (χ0) is 14.7. The highest BCUT2D eigenvalue weighted by atomic mass is 19.1. The van der Waals surface area contributed by atoms with E-state index in [9.17, 15) is 4.39 Å². The van der Waals surface area contributed by atoms with Crippen LogP contribution in [0, 0.1) is 5.82 Å². The molecule has 5 nitrogen and oxygen atoms in total. The summed E-state index contributed by atoms with van der Waals surface area (Å²) in [7, 11) is 0. The van der Waals surface area contributed by atoms with Gasteiger partial charge in [0.2, 0.25) is 0 Å². The number of halogens is 1. The Labute approximate surface area is 120 Å². The SMILES string of the molecule is Nc1ccc(-c2cnc(Oc3ccccc3F)nc2)cn1. The standard InChI is InChI=1S/C15H11FN4O/c16-12-3-1-2-4-13(12)21-15-19-8-11(9-20-15)10-5-6-14(17)18-7-10/h1-9H,(H2,17,18). The Hall–Kier alpha value is -3.02. The van der Waals surface area contributed by atoms with E-state index in [4.69, 9.17) is 10.5 Å². The molecular weight excluding hydrogens is 271 g/mol. The van der Waals surface area contributed by atoms with Gasteiger partial charge in [-0.25, -0.2) is 19.3 Å². The maximum atomic E-state index is 13.5. The minimum absolute atomic E-state index is 0.0762. The molecule has 21 heavy (non-hydrogen) atoms. The Balaban J connectivity index is 1.81. The van der Waals surface area contributed by atoms with E-state index in [0.29, 0.717) is 5.82 Å². The number of ether oxygens (including phenoxy) is 1. The quantitative estimate of drug-likeness (QED) is 0.799. The van der Waals surface area contributed by atoms with Crippen molar-refractivity contribution in [1.82, 2.24) is 15.0 Å². The van der Waals surface area contributed by atoms with Gasteiger partial charge in [-0.15, -0.1) is 0 Å². The molecule has 0 aliphatic rings. The Kier molecular flexibility index (Phi) is 3.42. The molecule has 2 heterocycles. The fourth-order valence-corrected chi connectivity index (χ4v) is 1.72. The molecule has 104 valence electrons. The second kappa shape index (κ2) is 5.54. The molecule has 1 aromatic carbocycles. The summed E-state index contributed by atoms with van der Waals surface area (Å²) in [5.74, 6) is 0.0616. The van der Waals surface area contributed by atoms with Gasteiger partial charge >= 0.3 is 6.01 Å². The number of nitrogens with two attached hydrogens (primary N) is 1. The normalized spacial score (nSPS) is 10.3. The van der Waals surface area contributed by atoms with E-state index < -0.39 is 5.82 Å². The molecule has 3 aromatic rings. The highest BCUT2D eigenvalue weighted by Crippen LogP contribution is 2.23. The molecular formula is C15H11FN4O. The van der Waals surface area contributed by atoms with Crippen molar-refractivity contribution in [3.63, 3.8) is 0 Å². The van der Waals surface area contributed by atoms with Crippen molar-refractivity contribution in [3.8, 4) is 22.9 Å². The van der Waals surface area contributed by atoms with Crippen LogP contribution in [0.15, 0.2) is 55.0 Å². The van der Waals surface area contributed by atoms with E-state index in [-0.39, 0.29) is 11.8 Å². The molecule has 0 saturated carbocycles. The lowest BCUT2D eigenvalue weighted by Crippen LogP contribution is -1.94. The summed E-state index contributed by atoms with van der Waals surface area (Å²) in [6.45, 7) is 0. The predicted molar refractivity (Wildman–Crippen MR) is 76.1 cm³/mol. The summed E-state index contributed by atoms with van der Waals surface area (Å²) in [6.07, 6.45) is 4.79. The lowest BCUT2D eigenvalue weighted by Gasteiger charge is -2.05. The number of hydrogen-bond acceptors (Lipinski definition) is 5. The molecule has 2 N–H and O–H groups in total. The molecule has 0 fully saturated rings. The van der Waals surface area contributed by atoms with E-state index in [2.05, 4.69) is 15.0 Å². The number of anilines is 1. The molecule has 6 heteroatoms. The maximum absolute atomic E-state index is 13.5. The number of nitrogens with zero attached hydrogens (tertiary/aromatic N) is 3. The summed E-state index contributed by atoms with van der Waals surface area (Å²) in [5.41, 5.74) is 7.13. The number of para-hydroxylation sites is 1. The smallest absolute Gasteiger partial charge is 0.321 e. The number of hydrogen-bond donors (Lipinski definition) is 1. The second-order valence-electron chi connectivity index (χ2n) is 4.26. The second-order valence-corrected chi connectivity index (χ2v) is 4.26. The van der Waals surface area contributed by atoms with Crippen LogP contribution < -0.4 is 10.5 Å². The number of nitrogen functional groups attached to an aromatic ring is 1. The number of benzene rings is 1. The maximum Gasteiger partial charge on any atom is 0.321 e. The van der Waals surface area contributed by atoms with Crippen molar-refractivity contribution in [2.75, 3.05) is 5.73 Å². The summed E-state index contributed by atoms with van der Waals surface area (Å²) >= 11 is 0. The molecule has 0 atom stereocenters. The first kappa shape index (κ1) is 13.0. The Morgan fingerprint density at radius 3 is 2.24 bits per heavy atom. The molecule has 0 radical (unpaired) electrons. The molecule has 0 bridgehead atoms. The van der Waals surface area contributed by atoms with E-state index in [1.807, 2.05) is 6.07 Å². The highest BCUT2D eigenvalue weighted by molar-refractivity contribution is 5.61. The van der Waals surface area contributed by atoms with Gasteiger partial charge in [-0.1, -0.05) is 12.1 Å². The van der Waals surface area contributed by atoms with Crippen molar-refractivity contribution < 1.29 is 9.13 Å². The lowest BCUT2D eigenvalue weighted by molar-refractivity contribution is 0.411. The van der Waals surface area contributed by atoms with Gasteiger partial charge in [-0.3, -0.25) is 0 Å². The van der Waals surface area contributed by atoms with E-state index in [1.165, 1.54) is 12.1 Å². The summed E-state index contributed by atoms with van der Waals surface area (Å²) < 4.78 is 18.7. The van der Waals surface area contributed by atoms with Crippen LogP contribution in [0.2, 0.25) is 0 Å². The van der Waals surface area contributed by atoms with Gasteiger partial charge in [0.05, 0.1) is 0 Å². The Morgan fingerprint density at radius 2 is 1.57 bits per heavy atom. The van der Waals surface area contributed by atoms with Crippen molar-refractivity contribution in [1.29, 1.82) is 0 Å². The van der Waals surface area contributed by atoms with Crippen LogP contribution in [-0.2, 0) is 0 Å². The number of rotatable bonds is 3. The average molecular weight is 282 g/mol. The molecule has 0 aliphatic carbocycles. The van der Waals surface area contributed by atoms with Gasteiger partial charge in [-0.05, 0) is 24.3 Å². The third-order valence-electron chi connectivity index (χ3n) is 2.79. The van der Waals surface area contributed by atoms with E-state index >= 15 is 0 Å². The first-order valence-corrected chi connectivity index (χ1v) is 6.19. The van der Waals surface area contributed by atoms with E-state index in [1.54, 1.807) is 36.8 Å². The van der Waals surface area contributed by atoms with Crippen LogP contribution >= 0.6 is 0 Å². The highest BCUT2D eigenvalue weighted by Gasteiger charge is 2.06. The first-order chi connectivity index (χ1) is 10.2. The minimum Gasteiger partial charge on any atom is -0.421 e. The minimum atomic E-state index is -0.465. The van der Waals surface area contributed by atoms with Crippen LogP contribution in [0.25, 0.3) is 11.1 Å². The Morgan fingerprint density at radius 1 is 0.857 bits per heavy atom. The molecule has 0 amide bonds. The summed E-state index contributed by atoms with van der Waals surface area (Å²) in [6, 6.07) is 9.66. The summed E-state index contributed by atoms with van der Waals surface area (Å²) in [4.78, 5) is 12.1. The van der Waals surface area contributed by atoms with Crippen LogP contribution in [-0.4, -0.2) is 15.0 Å². The van der Waals surface area contributed by atoms with Crippen LogP contribution in [0.3, 0.4) is 0 Å². The van der Waals surface area contributed by atoms with Crippen molar-refractivity contribution in [2.45, 2.75) is 0 Å². The fraction of sp³-hybridized carbons (Fsp3) is 0. The molecule has 0 aliphatic heterocycles. The third kappa shape index (κ3) is 2.94. The largest absolute Gasteiger partial charge is 0.421 e. The number of aromatic nitrogens is 3. The van der Waals surface area contributed by atoms with Gasteiger partial charge in [0, 0.05) is 29.7 Å². The monoisotopic (exact) mass is 282 g/mol. The van der Waals surface area contributed by atoms with Gasteiger partial charge in [0.25, 0.3) is 0 Å². The van der Waals surface area contributed by atoms with E-state index in [0.717, 1.165) is 11.1 Å². The topological polar surface area (TPSA) is 73.9 Å². The molecule has 0 unspecified atom stereocenters.